The van der Waals surface area contributed by atoms with Crippen molar-refractivity contribution >= 4 is 46.4 Å². The van der Waals surface area contributed by atoms with Gasteiger partial charge in [0, 0.05) is 11.8 Å². The van der Waals surface area contributed by atoms with E-state index in [1.54, 1.807) is 0 Å². The number of halogens is 4. The first kappa shape index (κ1) is 17.9. The Kier molecular flexibility index (Phi) is 11.4. The molecular formula is C13H22Cl4. The molecule has 0 aromatic carbocycles. The van der Waals surface area contributed by atoms with Crippen molar-refractivity contribution in [3.63, 3.8) is 0 Å². The minimum atomic E-state index is -1.21. The number of rotatable bonds is 10. The summed E-state index contributed by atoms with van der Waals surface area (Å²) in [4.78, 5) is 0. The quantitative estimate of drug-likeness (QED) is 0.240. The molecule has 0 amide bonds. The van der Waals surface area contributed by atoms with Crippen molar-refractivity contribution in [2.75, 3.05) is 0 Å². The van der Waals surface area contributed by atoms with Crippen molar-refractivity contribution in [2.24, 2.45) is 0 Å². The number of hydrogen-bond donors (Lipinski definition) is 0. The fraction of sp³-hybridized carbons (Fsp3) is 0.846. The van der Waals surface area contributed by atoms with E-state index in [4.69, 9.17) is 46.4 Å². The van der Waals surface area contributed by atoms with Gasteiger partial charge in [0.05, 0.1) is 0 Å². The molecule has 0 aromatic heterocycles. The predicted octanol–water partition coefficient (Wildman–Crippen LogP) is 6.66. The average molecular weight is 320 g/mol. The van der Waals surface area contributed by atoms with E-state index >= 15 is 0 Å². The van der Waals surface area contributed by atoms with Crippen LogP contribution in [0.1, 0.15) is 57.8 Å². The van der Waals surface area contributed by atoms with E-state index in [9.17, 15) is 0 Å². The Morgan fingerprint density at radius 3 is 2.00 bits per heavy atom. The van der Waals surface area contributed by atoms with Crippen LogP contribution in [-0.4, -0.2) is 9.17 Å². The summed E-state index contributed by atoms with van der Waals surface area (Å²) in [6, 6.07) is 0. The predicted molar refractivity (Wildman–Crippen MR) is 81.7 cm³/mol. The third kappa shape index (κ3) is 14.8. The summed E-state index contributed by atoms with van der Waals surface area (Å²) in [6.45, 7) is 3.71. The van der Waals surface area contributed by atoms with E-state index in [1.807, 2.05) is 6.08 Å². The highest BCUT2D eigenvalue weighted by Crippen LogP contribution is 2.34. The maximum absolute atomic E-state index is 6.08. The summed E-state index contributed by atoms with van der Waals surface area (Å²) in [5, 5.41) is -0.0248. The second kappa shape index (κ2) is 10.8. The van der Waals surface area contributed by atoms with Crippen molar-refractivity contribution in [2.45, 2.75) is 67.0 Å². The monoisotopic (exact) mass is 318 g/mol. The molecule has 0 bridgehead atoms. The van der Waals surface area contributed by atoms with E-state index in [2.05, 4.69) is 6.58 Å². The molecule has 1 unspecified atom stereocenters. The molecule has 0 saturated heterocycles. The van der Waals surface area contributed by atoms with Crippen LogP contribution in [0.4, 0.5) is 0 Å². The third-order valence-corrected chi connectivity index (χ3v) is 3.46. The Morgan fingerprint density at radius 2 is 1.47 bits per heavy atom. The lowest BCUT2D eigenvalue weighted by atomic mass is 10.1. The summed E-state index contributed by atoms with van der Waals surface area (Å²) in [5.74, 6) is 0. The third-order valence-electron chi connectivity index (χ3n) is 2.63. The molecule has 0 rings (SSSR count). The van der Waals surface area contributed by atoms with Gasteiger partial charge in [-0.25, -0.2) is 0 Å². The minimum absolute atomic E-state index is 0.0248. The normalized spacial score (nSPS) is 13.6. The van der Waals surface area contributed by atoms with Gasteiger partial charge in [-0.1, -0.05) is 73.0 Å². The summed E-state index contributed by atoms with van der Waals surface area (Å²) in [6.07, 6.45) is 11.9. The Morgan fingerprint density at radius 1 is 0.941 bits per heavy atom. The fourth-order valence-corrected chi connectivity index (χ4v) is 2.90. The zero-order valence-electron chi connectivity index (χ0n) is 10.2. The van der Waals surface area contributed by atoms with Crippen molar-refractivity contribution in [1.29, 1.82) is 0 Å². The van der Waals surface area contributed by atoms with Crippen LogP contribution in [0.2, 0.25) is 0 Å². The molecule has 17 heavy (non-hydrogen) atoms. The highest BCUT2D eigenvalue weighted by molar-refractivity contribution is 6.67. The van der Waals surface area contributed by atoms with Gasteiger partial charge in [-0.15, -0.1) is 18.2 Å². The van der Waals surface area contributed by atoms with E-state index < -0.39 is 3.79 Å². The lowest BCUT2D eigenvalue weighted by molar-refractivity contribution is 0.565. The van der Waals surface area contributed by atoms with Crippen molar-refractivity contribution in [1.82, 2.24) is 0 Å². The number of allylic oxidation sites excluding steroid dienone is 1. The highest BCUT2D eigenvalue weighted by atomic mass is 35.6. The standard InChI is InChI=1S/C13H22Cl4/c1-2-3-4-5-6-7-8-9-10-12(14)11-13(15,16)17/h2,12H,1,3-11H2. The van der Waals surface area contributed by atoms with E-state index in [0.717, 1.165) is 19.3 Å². The molecule has 0 N–H and O–H groups in total. The molecule has 0 aromatic rings. The van der Waals surface area contributed by atoms with Crippen molar-refractivity contribution < 1.29 is 0 Å². The molecule has 1 atom stereocenters. The van der Waals surface area contributed by atoms with Gasteiger partial charge >= 0.3 is 0 Å². The molecule has 0 heterocycles. The van der Waals surface area contributed by atoms with Crippen LogP contribution in [0.3, 0.4) is 0 Å². The fourth-order valence-electron chi connectivity index (χ4n) is 1.71. The molecule has 0 nitrogen and oxygen atoms in total. The SMILES string of the molecule is C=CCCCCCCCCC(Cl)CC(Cl)(Cl)Cl. The highest BCUT2D eigenvalue weighted by Gasteiger charge is 2.23. The Bertz CT molecular complexity index is 186. The smallest absolute Gasteiger partial charge is 0.123 e. The molecule has 4 heteroatoms. The molecule has 102 valence electrons. The molecule has 0 fully saturated rings. The van der Waals surface area contributed by atoms with Crippen LogP contribution in [0.5, 0.6) is 0 Å². The Hall–Kier alpha value is 0.900. The van der Waals surface area contributed by atoms with Gasteiger partial charge < -0.3 is 0 Å². The molecule has 0 spiro atoms. The van der Waals surface area contributed by atoms with Gasteiger partial charge in [0.15, 0.2) is 3.79 Å². The lowest BCUT2D eigenvalue weighted by Crippen LogP contribution is -2.11. The second-order valence-electron chi connectivity index (χ2n) is 4.40. The van der Waals surface area contributed by atoms with E-state index in [0.29, 0.717) is 6.42 Å². The summed E-state index contributed by atoms with van der Waals surface area (Å²) in [7, 11) is 0. The number of unbranched alkanes of at least 4 members (excludes halogenated alkanes) is 6. The second-order valence-corrected chi connectivity index (χ2v) is 7.54. The van der Waals surface area contributed by atoms with Crippen LogP contribution >= 0.6 is 46.4 Å². The van der Waals surface area contributed by atoms with Gasteiger partial charge in [-0.2, -0.15) is 0 Å². The first-order chi connectivity index (χ1) is 7.95. The van der Waals surface area contributed by atoms with Crippen molar-refractivity contribution in [3.8, 4) is 0 Å². The van der Waals surface area contributed by atoms with Crippen molar-refractivity contribution in [3.05, 3.63) is 12.7 Å². The lowest BCUT2D eigenvalue weighted by Gasteiger charge is -2.15. The van der Waals surface area contributed by atoms with Gasteiger partial charge in [0.25, 0.3) is 0 Å². The van der Waals surface area contributed by atoms with Crippen LogP contribution < -0.4 is 0 Å². The van der Waals surface area contributed by atoms with Crippen LogP contribution in [-0.2, 0) is 0 Å². The summed E-state index contributed by atoms with van der Waals surface area (Å²) < 4.78 is -1.21. The molecule has 0 radical (unpaired) electrons. The summed E-state index contributed by atoms with van der Waals surface area (Å²) >= 11 is 23.1. The molecular weight excluding hydrogens is 298 g/mol. The first-order valence-corrected chi connectivity index (χ1v) is 7.84. The number of alkyl halides is 4. The van der Waals surface area contributed by atoms with Crippen LogP contribution in [0, 0.1) is 0 Å². The number of hydrogen-bond acceptors (Lipinski definition) is 0. The largest absolute Gasteiger partial charge is 0.192 e. The van der Waals surface area contributed by atoms with Gasteiger partial charge in [-0.3, -0.25) is 0 Å². The zero-order valence-corrected chi connectivity index (χ0v) is 13.3. The van der Waals surface area contributed by atoms with E-state index in [1.165, 1.54) is 32.1 Å². The topological polar surface area (TPSA) is 0 Å². The first-order valence-electron chi connectivity index (χ1n) is 6.27. The van der Waals surface area contributed by atoms with E-state index in [-0.39, 0.29) is 5.38 Å². The molecule has 0 aliphatic heterocycles. The van der Waals surface area contributed by atoms with Gasteiger partial charge in [0.1, 0.15) is 0 Å². The molecule has 0 aliphatic rings. The average Bonchev–Trinajstić information content (AvgIpc) is 2.19. The molecule has 0 aliphatic carbocycles. The minimum Gasteiger partial charge on any atom is -0.123 e. The summed E-state index contributed by atoms with van der Waals surface area (Å²) in [5.41, 5.74) is 0. The van der Waals surface area contributed by atoms with Crippen LogP contribution in [0.25, 0.3) is 0 Å². The zero-order chi connectivity index (χ0) is 13.1. The van der Waals surface area contributed by atoms with Gasteiger partial charge in [0.2, 0.25) is 0 Å². The Labute approximate surface area is 126 Å². The Balaban J connectivity index is 3.25. The molecule has 0 saturated carbocycles. The van der Waals surface area contributed by atoms with Gasteiger partial charge in [-0.05, 0) is 19.3 Å². The maximum atomic E-state index is 6.08. The maximum Gasteiger partial charge on any atom is 0.192 e. The van der Waals surface area contributed by atoms with Crippen LogP contribution in [0.15, 0.2) is 12.7 Å².